The molecule has 1 nitrogen and oxygen atoms in total. The van der Waals surface area contributed by atoms with Crippen molar-refractivity contribution < 1.29 is 0 Å². The largest absolute Gasteiger partial charge is 0.301 e. The topological polar surface area (TPSA) is 3.24 Å². The molecule has 3 fully saturated rings. The first kappa shape index (κ1) is 29.3. The zero-order chi connectivity index (χ0) is 35.9. The Balaban J connectivity index is 0.954. The summed E-state index contributed by atoms with van der Waals surface area (Å²) in [6.07, 6.45) is 31.8. The van der Waals surface area contributed by atoms with Crippen LogP contribution in [0.15, 0.2) is 88.6 Å². The van der Waals surface area contributed by atoms with Crippen molar-refractivity contribution in [1.29, 1.82) is 0 Å². The van der Waals surface area contributed by atoms with Crippen LogP contribution in [0.1, 0.15) is 118 Å². The van der Waals surface area contributed by atoms with Crippen LogP contribution in [0.4, 0.5) is 0 Å². The van der Waals surface area contributed by atoms with Crippen LogP contribution < -0.4 is 10.4 Å². The van der Waals surface area contributed by atoms with Gasteiger partial charge in [-0.2, -0.15) is 0 Å². The van der Waals surface area contributed by atoms with E-state index < -0.39 is 0 Å². The summed E-state index contributed by atoms with van der Waals surface area (Å²) in [6, 6.07) is 11.0. The zero-order valence-corrected chi connectivity index (χ0v) is 32.9. The first-order chi connectivity index (χ1) is 27.7. The molecule has 0 amide bonds. The van der Waals surface area contributed by atoms with Crippen LogP contribution in [0, 0.1) is 40.4 Å². The summed E-state index contributed by atoms with van der Waals surface area (Å²) in [4.78, 5) is 2.95. The van der Waals surface area contributed by atoms with Gasteiger partial charge < -0.3 is 4.90 Å². The number of hydrogen-bond donors (Lipinski definition) is 0. The number of hydrogen-bond acceptors (Lipinski definition) is 1. The Kier molecular flexibility index (Phi) is 4.64. The summed E-state index contributed by atoms with van der Waals surface area (Å²) in [6.45, 7) is 3.53. The lowest BCUT2D eigenvalue weighted by molar-refractivity contribution is 0.211. The van der Waals surface area contributed by atoms with Gasteiger partial charge in [0.15, 0.2) is 0 Å². The van der Waals surface area contributed by atoms with Gasteiger partial charge in [0, 0.05) is 53.0 Å². The lowest BCUT2D eigenvalue weighted by atomic mass is 9.41. The average molecular weight is 724 g/mol. The molecule has 274 valence electrons. The summed E-state index contributed by atoms with van der Waals surface area (Å²) in [5.74, 6) is 4.72. The minimum absolute atomic E-state index is 0.0290. The number of allylic oxidation sites excluding steroid dienone is 10. The summed E-state index contributed by atoms with van der Waals surface area (Å²) >= 11 is 0. The van der Waals surface area contributed by atoms with Gasteiger partial charge in [0.1, 0.15) is 0 Å². The van der Waals surface area contributed by atoms with E-state index >= 15 is 0 Å². The molecule has 14 aliphatic rings. The predicted molar refractivity (Wildman–Crippen MR) is 226 cm³/mol. The third-order valence-electron chi connectivity index (χ3n) is 19.8. The lowest BCUT2D eigenvalue weighted by Crippen LogP contribution is -2.55. The Morgan fingerprint density at radius 2 is 1.48 bits per heavy atom. The molecule has 11 atom stereocenters. The van der Waals surface area contributed by atoms with Crippen molar-refractivity contribution in [3.63, 3.8) is 0 Å². The highest BCUT2D eigenvalue weighted by atomic mass is 15.2. The van der Waals surface area contributed by atoms with Gasteiger partial charge in [-0.05, 0) is 136 Å². The molecule has 1 saturated heterocycles. The van der Waals surface area contributed by atoms with Crippen LogP contribution in [0.2, 0.25) is 0 Å². The Hall–Kier alpha value is -3.94. The molecule has 17 rings (SSSR count). The van der Waals surface area contributed by atoms with E-state index in [0.29, 0.717) is 53.4 Å². The first-order valence-electron chi connectivity index (χ1n) is 23.3. The fraction of sp³-hybridized carbons (Fsp3) is 0.455. The van der Waals surface area contributed by atoms with Crippen LogP contribution in [-0.4, -0.2) is 24.5 Å². The van der Waals surface area contributed by atoms with E-state index in [9.17, 15) is 0 Å². The lowest BCUT2D eigenvalue weighted by Gasteiger charge is -2.60. The summed E-state index contributed by atoms with van der Waals surface area (Å²) in [5.41, 5.74) is 28.5. The molecule has 0 N–H and O–H groups in total. The first-order valence-corrected chi connectivity index (χ1v) is 23.3. The number of rotatable bonds is 11. The third-order valence-corrected chi connectivity index (χ3v) is 19.8. The van der Waals surface area contributed by atoms with Crippen molar-refractivity contribution in [1.82, 2.24) is 4.90 Å². The molecule has 13 aliphatic carbocycles. The molecular formula is C55H49N. The van der Waals surface area contributed by atoms with Crippen molar-refractivity contribution in [2.45, 2.75) is 101 Å². The average Bonchev–Trinajstić information content (AvgIpc) is 4.05. The Bertz CT molecular complexity index is 2970. The van der Waals surface area contributed by atoms with Gasteiger partial charge in [0.05, 0.1) is 0 Å². The summed E-state index contributed by atoms with van der Waals surface area (Å²) < 4.78 is 0. The van der Waals surface area contributed by atoms with E-state index in [1.165, 1.54) is 77.2 Å². The maximum absolute atomic E-state index is 2.95. The highest BCUT2D eigenvalue weighted by molar-refractivity contribution is 6.24. The van der Waals surface area contributed by atoms with Crippen LogP contribution >= 0.6 is 0 Å². The molecule has 3 aromatic carbocycles. The molecule has 2 saturated carbocycles. The molecule has 0 aromatic heterocycles. The number of benzene rings is 3. The molecule has 11 unspecified atom stereocenters. The normalized spacial score (nSPS) is 39.4. The fourth-order valence-corrected chi connectivity index (χ4v) is 18.9. The van der Waals surface area contributed by atoms with E-state index in [-0.39, 0.29) is 10.8 Å². The molecule has 2 spiro atoms. The van der Waals surface area contributed by atoms with Crippen molar-refractivity contribution in [3.05, 3.63) is 121 Å². The second-order valence-corrected chi connectivity index (χ2v) is 21.1. The van der Waals surface area contributed by atoms with Crippen molar-refractivity contribution in [3.8, 4) is 22.3 Å². The standard InChI is InChI=1S/C55H49N/c1-3-4-5-6-7-8-9-10-11-12-13-35-55-34-23-22-33-31-20-18-29-27-16-14-25-26-15-17-28-30-19-21-32(34)43-41(30)46-39(28)37(26)44-36(25)38(27)45-40(29)42(31)52(54(33,55)24-56(35)2)50-48(45)47(44)49(46)51(50)53(43)55/h14-23,25,27,29,35-36,38,40,50-51H,3-13,24H2,1-2H3. The number of likely N-dealkylation sites (tertiary alicyclic amines) is 1. The molecule has 0 radical (unpaired) electrons. The number of nitrogens with zero attached hydrogens (tertiary/aromatic N) is 1. The van der Waals surface area contributed by atoms with Gasteiger partial charge in [-0.1, -0.05) is 137 Å². The maximum Gasteiger partial charge on any atom is 0.0485 e. The molecular weight excluding hydrogens is 675 g/mol. The Morgan fingerprint density at radius 1 is 0.661 bits per heavy atom. The van der Waals surface area contributed by atoms with Gasteiger partial charge in [-0.25, -0.2) is 0 Å². The van der Waals surface area contributed by atoms with Crippen LogP contribution in [0.5, 0.6) is 0 Å². The fourth-order valence-electron chi connectivity index (χ4n) is 18.9. The SMILES string of the molecule is CCCCCCCCCCCCC1N(C)CC23C4=C5C=CC6C7C5=C2C2C5=C7C7C6C=CC6c8ccc9c%10c%11c(c5c(c8%10)C67)C2C2=c5c-%11c-9ccc5=C(C=C4)C213. The quantitative estimate of drug-likeness (QED) is 0.110. The third kappa shape index (κ3) is 2.47. The van der Waals surface area contributed by atoms with Crippen molar-refractivity contribution >= 4 is 27.5 Å². The predicted octanol–water partition coefficient (Wildman–Crippen LogP) is 10.9. The van der Waals surface area contributed by atoms with E-state index in [1.54, 1.807) is 65.7 Å². The van der Waals surface area contributed by atoms with Gasteiger partial charge in [0.2, 0.25) is 0 Å². The Morgan fingerprint density at radius 3 is 2.36 bits per heavy atom. The summed E-state index contributed by atoms with van der Waals surface area (Å²) in [5, 5.41) is 6.74. The molecule has 1 aliphatic heterocycles. The van der Waals surface area contributed by atoms with E-state index in [0.717, 1.165) is 0 Å². The zero-order valence-electron chi connectivity index (χ0n) is 32.9. The monoisotopic (exact) mass is 723 g/mol. The number of unbranched alkanes of at least 4 members (excludes halogenated alkanes) is 9. The smallest absolute Gasteiger partial charge is 0.0485 e. The molecule has 3 aromatic rings. The summed E-state index contributed by atoms with van der Waals surface area (Å²) in [7, 11) is 2.57. The minimum Gasteiger partial charge on any atom is -0.301 e. The molecule has 1 heteroatoms. The van der Waals surface area contributed by atoms with Gasteiger partial charge in [-0.15, -0.1) is 0 Å². The van der Waals surface area contributed by atoms with Gasteiger partial charge >= 0.3 is 0 Å². The highest BCUT2D eigenvalue weighted by Crippen LogP contribution is 2.88. The van der Waals surface area contributed by atoms with Gasteiger partial charge in [-0.3, -0.25) is 0 Å². The van der Waals surface area contributed by atoms with Crippen LogP contribution in [-0.2, 0) is 0 Å². The maximum atomic E-state index is 2.95. The van der Waals surface area contributed by atoms with Crippen molar-refractivity contribution in [2.75, 3.05) is 13.6 Å². The van der Waals surface area contributed by atoms with E-state index in [1.807, 2.05) is 44.6 Å². The second kappa shape index (κ2) is 8.88. The second-order valence-electron chi connectivity index (χ2n) is 21.1. The number of fused-ring (bicyclic) bond motifs is 3. The minimum atomic E-state index is 0.0290. The van der Waals surface area contributed by atoms with Crippen LogP contribution in [0.25, 0.3) is 49.7 Å². The molecule has 0 bridgehead atoms. The molecule has 56 heavy (non-hydrogen) atoms. The van der Waals surface area contributed by atoms with Crippen molar-refractivity contribution in [2.24, 2.45) is 40.4 Å². The Labute approximate surface area is 330 Å². The van der Waals surface area contributed by atoms with E-state index in [2.05, 4.69) is 79.6 Å². The highest BCUT2D eigenvalue weighted by Gasteiger charge is 2.80. The van der Waals surface area contributed by atoms with Crippen LogP contribution in [0.3, 0.4) is 0 Å². The molecule has 1 heterocycles. The van der Waals surface area contributed by atoms with E-state index in [4.69, 9.17) is 0 Å². The van der Waals surface area contributed by atoms with Gasteiger partial charge in [0.25, 0.3) is 0 Å².